The maximum Gasteiger partial charge on any atom is 0.273 e. The minimum absolute atomic E-state index is 0.0346. The molecule has 0 aliphatic heterocycles. The molecule has 0 radical (unpaired) electrons. The van der Waals surface area contributed by atoms with Crippen LogP contribution in [0.1, 0.15) is 4.88 Å². The number of rotatable bonds is 6. The lowest BCUT2D eigenvalue weighted by Gasteiger charge is -2.02. The van der Waals surface area contributed by atoms with Crippen molar-refractivity contribution in [1.82, 2.24) is 20.5 Å². The van der Waals surface area contributed by atoms with Gasteiger partial charge in [0.1, 0.15) is 4.21 Å². The quantitative estimate of drug-likeness (QED) is 0.806. The van der Waals surface area contributed by atoms with Crippen molar-refractivity contribution in [3.63, 3.8) is 0 Å². The van der Waals surface area contributed by atoms with Crippen LogP contribution in [0.4, 0.5) is 5.95 Å². The van der Waals surface area contributed by atoms with Crippen molar-refractivity contribution in [3.05, 3.63) is 29.4 Å². The highest BCUT2D eigenvalue weighted by Crippen LogP contribution is 2.23. The van der Waals surface area contributed by atoms with E-state index < -0.39 is 10.0 Å². The van der Waals surface area contributed by atoms with E-state index in [9.17, 15) is 8.42 Å². The molecule has 0 fully saturated rings. The molecule has 0 amide bonds. The van der Waals surface area contributed by atoms with Gasteiger partial charge >= 0.3 is 0 Å². The molecule has 0 atom stereocenters. The molecule has 0 unspecified atom stereocenters. The van der Waals surface area contributed by atoms with Crippen LogP contribution in [0.2, 0.25) is 0 Å². The third kappa shape index (κ3) is 3.69. The van der Waals surface area contributed by atoms with Crippen LogP contribution in [0.15, 0.2) is 28.7 Å². The lowest BCUT2D eigenvalue weighted by molar-refractivity contribution is 0.602. The number of aromatic nitrogens is 3. The third-order valence-corrected chi connectivity index (χ3v) is 5.20. The maximum atomic E-state index is 12.1. The smallest absolute Gasteiger partial charge is 0.273 e. The summed E-state index contributed by atoms with van der Waals surface area (Å²) in [6.45, 7) is 0.805. The van der Waals surface area contributed by atoms with Crippen LogP contribution in [-0.2, 0) is 16.4 Å². The number of nitrogens with zero attached hydrogens (tertiary/aromatic N) is 3. The van der Waals surface area contributed by atoms with Crippen molar-refractivity contribution >= 4 is 27.3 Å². The van der Waals surface area contributed by atoms with Crippen molar-refractivity contribution in [2.24, 2.45) is 0 Å². The molecule has 2 heterocycles. The van der Waals surface area contributed by atoms with Gasteiger partial charge in [-0.2, -0.15) is 5.10 Å². The molecule has 0 saturated carbocycles. The summed E-state index contributed by atoms with van der Waals surface area (Å²) in [4.78, 5) is 4.78. The van der Waals surface area contributed by atoms with Crippen molar-refractivity contribution in [3.8, 4) is 0 Å². The largest absolute Gasteiger partial charge is 0.319 e. The summed E-state index contributed by atoms with van der Waals surface area (Å²) in [7, 11) is -1.78. The van der Waals surface area contributed by atoms with Crippen molar-refractivity contribution in [2.45, 2.75) is 10.6 Å². The molecule has 0 saturated heterocycles. The highest BCUT2D eigenvalue weighted by molar-refractivity contribution is 7.94. The second-order valence-electron chi connectivity index (χ2n) is 3.65. The number of hydrogen-bond acceptors (Lipinski definition) is 7. The summed E-state index contributed by atoms with van der Waals surface area (Å²) < 4.78 is 26.7. The maximum absolute atomic E-state index is 12.1. The van der Waals surface area contributed by atoms with E-state index in [-0.39, 0.29) is 10.2 Å². The van der Waals surface area contributed by atoms with Gasteiger partial charge in [-0.3, -0.25) is 0 Å². The van der Waals surface area contributed by atoms with Crippen LogP contribution >= 0.6 is 11.3 Å². The molecule has 9 heteroatoms. The zero-order valence-electron chi connectivity index (χ0n) is 10.2. The second-order valence-corrected chi connectivity index (χ2v) is 6.72. The Morgan fingerprint density at radius 2 is 2.16 bits per heavy atom. The van der Waals surface area contributed by atoms with Gasteiger partial charge in [0.15, 0.2) is 0 Å². The highest BCUT2D eigenvalue weighted by atomic mass is 32.2. The Hall–Kier alpha value is -1.58. The highest BCUT2D eigenvalue weighted by Gasteiger charge is 2.18. The third-order valence-electron chi connectivity index (χ3n) is 2.23. The molecule has 19 heavy (non-hydrogen) atoms. The Labute approximate surface area is 115 Å². The van der Waals surface area contributed by atoms with E-state index in [0.717, 1.165) is 17.8 Å². The summed E-state index contributed by atoms with van der Waals surface area (Å²) >= 11 is 1.23. The molecule has 102 valence electrons. The Bertz CT molecular complexity index is 626. The van der Waals surface area contributed by atoms with E-state index in [4.69, 9.17) is 0 Å². The van der Waals surface area contributed by atoms with E-state index in [1.54, 1.807) is 12.1 Å². The van der Waals surface area contributed by atoms with Gasteiger partial charge in [-0.05, 0) is 32.1 Å². The Morgan fingerprint density at radius 1 is 1.32 bits per heavy atom. The monoisotopic (exact) mass is 299 g/mol. The molecular formula is C10H13N5O2S2. The first-order valence-electron chi connectivity index (χ1n) is 5.51. The Morgan fingerprint density at radius 3 is 2.84 bits per heavy atom. The average Bonchev–Trinajstić information content (AvgIpc) is 2.86. The molecule has 0 bridgehead atoms. The molecule has 2 rings (SSSR count). The van der Waals surface area contributed by atoms with Gasteiger partial charge in [0, 0.05) is 4.88 Å². The molecule has 0 aliphatic carbocycles. The van der Waals surface area contributed by atoms with E-state index in [0.29, 0.717) is 0 Å². The van der Waals surface area contributed by atoms with Crippen LogP contribution in [0.3, 0.4) is 0 Å². The van der Waals surface area contributed by atoms with Crippen LogP contribution in [0, 0.1) is 0 Å². The van der Waals surface area contributed by atoms with Crippen molar-refractivity contribution in [1.29, 1.82) is 0 Å². The van der Waals surface area contributed by atoms with E-state index in [2.05, 4.69) is 25.2 Å². The van der Waals surface area contributed by atoms with Crippen LogP contribution in [0.5, 0.6) is 0 Å². The van der Waals surface area contributed by atoms with E-state index >= 15 is 0 Å². The zero-order valence-corrected chi connectivity index (χ0v) is 11.8. The topological polar surface area (TPSA) is 96.9 Å². The van der Waals surface area contributed by atoms with Crippen LogP contribution < -0.4 is 10.0 Å². The summed E-state index contributed by atoms with van der Waals surface area (Å²) in [5, 5.41) is 10.2. The predicted molar refractivity (Wildman–Crippen MR) is 72.6 cm³/mol. The SMILES string of the molecule is CNCCc1ccc(S(=O)(=O)Nc2nccnn2)s1. The second kappa shape index (κ2) is 6.04. The number of sulfonamides is 1. The fourth-order valence-electron chi connectivity index (χ4n) is 1.35. The van der Waals surface area contributed by atoms with Crippen LogP contribution in [0.25, 0.3) is 0 Å². The first-order chi connectivity index (χ1) is 9.12. The van der Waals surface area contributed by atoms with Gasteiger partial charge in [-0.1, -0.05) is 0 Å². The van der Waals surface area contributed by atoms with Crippen molar-refractivity contribution < 1.29 is 8.42 Å². The van der Waals surface area contributed by atoms with E-state index in [1.165, 1.54) is 23.7 Å². The van der Waals surface area contributed by atoms with Crippen LogP contribution in [-0.4, -0.2) is 37.2 Å². The molecule has 0 aromatic carbocycles. The molecule has 7 nitrogen and oxygen atoms in total. The standard InChI is InChI=1S/C10H13N5O2S2/c1-11-5-4-8-2-3-9(18-8)19(16,17)15-10-12-6-7-13-14-10/h2-3,6-7,11H,4-5H2,1H3,(H,12,14,15). The summed E-state index contributed by atoms with van der Waals surface area (Å²) in [5.41, 5.74) is 0. The minimum Gasteiger partial charge on any atom is -0.319 e. The molecular weight excluding hydrogens is 286 g/mol. The Balaban J connectivity index is 2.13. The van der Waals surface area contributed by atoms with Gasteiger partial charge in [0.2, 0.25) is 0 Å². The number of hydrogen-bond donors (Lipinski definition) is 2. The predicted octanol–water partition coefficient (Wildman–Crippen LogP) is 0.496. The molecule has 0 spiro atoms. The number of anilines is 1. The zero-order chi connectivity index (χ0) is 13.7. The Kier molecular flexibility index (Phi) is 4.40. The van der Waals surface area contributed by atoms with Gasteiger partial charge in [-0.15, -0.1) is 16.4 Å². The van der Waals surface area contributed by atoms with Gasteiger partial charge < -0.3 is 5.32 Å². The molecule has 2 aromatic rings. The summed E-state index contributed by atoms with van der Waals surface area (Å²) in [6, 6.07) is 3.38. The summed E-state index contributed by atoms with van der Waals surface area (Å²) in [5.74, 6) is -0.0346. The summed E-state index contributed by atoms with van der Waals surface area (Å²) in [6.07, 6.45) is 3.54. The molecule has 0 aliphatic rings. The van der Waals surface area contributed by atoms with Gasteiger partial charge in [-0.25, -0.2) is 18.1 Å². The number of thiophene rings is 1. The number of likely N-dealkylation sites (N-methyl/N-ethyl adjacent to an activating group) is 1. The van der Waals surface area contributed by atoms with E-state index in [1.807, 2.05) is 7.05 Å². The minimum atomic E-state index is -3.63. The van der Waals surface area contributed by atoms with Gasteiger partial charge in [0.25, 0.3) is 16.0 Å². The lowest BCUT2D eigenvalue weighted by Crippen LogP contribution is -2.14. The fraction of sp³-hybridized carbons (Fsp3) is 0.300. The molecule has 2 aromatic heterocycles. The normalized spacial score (nSPS) is 11.4. The van der Waals surface area contributed by atoms with Gasteiger partial charge in [0.05, 0.1) is 12.4 Å². The average molecular weight is 299 g/mol. The lowest BCUT2D eigenvalue weighted by atomic mass is 10.3. The fourth-order valence-corrected chi connectivity index (χ4v) is 3.65. The number of nitrogens with one attached hydrogen (secondary N) is 2. The first-order valence-corrected chi connectivity index (χ1v) is 7.81. The molecule has 2 N–H and O–H groups in total. The van der Waals surface area contributed by atoms with Crippen molar-refractivity contribution in [2.75, 3.05) is 18.3 Å². The first kappa shape index (κ1) is 13.8.